The standard InChI is InChI=1S/C16H15N3O/c1-11-13(10-12-6-3-2-4-7-12)18-16(17)19-15(11)14-8-5-9-20-14/h2-9H,10H2,1H3,(H2,17,18,19). The maximum atomic E-state index is 5.82. The first-order valence-corrected chi connectivity index (χ1v) is 6.45. The maximum Gasteiger partial charge on any atom is 0.220 e. The van der Waals surface area contributed by atoms with E-state index in [2.05, 4.69) is 22.1 Å². The van der Waals surface area contributed by atoms with Gasteiger partial charge in [-0.05, 0) is 24.6 Å². The van der Waals surface area contributed by atoms with Gasteiger partial charge < -0.3 is 10.2 Å². The zero-order valence-electron chi connectivity index (χ0n) is 11.2. The number of rotatable bonds is 3. The van der Waals surface area contributed by atoms with Crippen molar-refractivity contribution in [2.75, 3.05) is 5.73 Å². The second kappa shape index (κ2) is 5.17. The van der Waals surface area contributed by atoms with E-state index in [0.717, 1.165) is 23.4 Å². The Kier molecular flexibility index (Phi) is 3.21. The van der Waals surface area contributed by atoms with Crippen molar-refractivity contribution in [1.82, 2.24) is 9.97 Å². The molecular formula is C16H15N3O. The molecule has 0 aliphatic carbocycles. The number of nitrogen functional groups attached to an aromatic ring is 1. The molecule has 3 rings (SSSR count). The van der Waals surface area contributed by atoms with Crippen LogP contribution in [0.15, 0.2) is 53.1 Å². The van der Waals surface area contributed by atoms with Gasteiger partial charge in [0.15, 0.2) is 5.76 Å². The first kappa shape index (κ1) is 12.4. The average Bonchev–Trinajstić information content (AvgIpc) is 2.97. The lowest BCUT2D eigenvalue weighted by atomic mass is 10.0. The lowest BCUT2D eigenvalue weighted by Gasteiger charge is -2.09. The van der Waals surface area contributed by atoms with E-state index in [-0.39, 0.29) is 5.95 Å². The summed E-state index contributed by atoms with van der Waals surface area (Å²) in [4.78, 5) is 8.65. The zero-order chi connectivity index (χ0) is 13.9. The molecule has 0 atom stereocenters. The number of hydrogen-bond donors (Lipinski definition) is 1. The van der Waals surface area contributed by atoms with Crippen LogP contribution in [0.5, 0.6) is 0 Å². The molecule has 0 aliphatic rings. The highest BCUT2D eigenvalue weighted by atomic mass is 16.3. The van der Waals surface area contributed by atoms with Gasteiger partial charge in [0.05, 0.1) is 12.0 Å². The third-order valence-corrected chi connectivity index (χ3v) is 3.23. The monoisotopic (exact) mass is 265 g/mol. The van der Waals surface area contributed by atoms with Gasteiger partial charge in [0.2, 0.25) is 5.95 Å². The van der Waals surface area contributed by atoms with Gasteiger partial charge in [0.25, 0.3) is 0 Å². The van der Waals surface area contributed by atoms with E-state index in [9.17, 15) is 0 Å². The van der Waals surface area contributed by atoms with Crippen LogP contribution in [-0.4, -0.2) is 9.97 Å². The first-order valence-electron chi connectivity index (χ1n) is 6.45. The van der Waals surface area contributed by atoms with E-state index in [1.165, 1.54) is 5.56 Å². The Labute approximate surface area is 117 Å². The molecule has 2 heterocycles. The zero-order valence-corrected chi connectivity index (χ0v) is 11.2. The Hall–Kier alpha value is -2.62. The molecule has 100 valence electrons. The van der Waals surface area contributed by atoms with Crippen molar-refractivity contribution in [2.45, 2.75) is 13.3 Å². The highest BCUT2D eigenvalue weighted by molar-refractivity contribution is 5.59. The number of hydrogen-bond acceptors (Lipinski definition) is 4. The minimum atomic E-state index is 0.271. The summed E-state index contributed by atoms with van der Waals surface area (Å²) in [6, 6.07) is 13.9. The summed E-state index contributed by atoms with van der Waals surface area (Å²) in [6.45, 7) is 2.00. The fourth-order valence-corrected chi connectivity index (χ4v) is 2.20. The predicted octanol–water partition coefficient (Wildman–Crippen LogP) is 3.22. The van der Waals surface area contributed by atoms with E-state index >= 15 is 0 Å². The number of nitrogens with zero attached hydrogens (tertiary/aromatic N) is 2. The van der Waals surface area contributed by atoms with Gasteiger partial charge in [0, 0.05) is 12.0 Å². The lowest BCUT2D eigenvalue weighted by Crippen LogP contribution is -2.05. The quantitative estimate of drug-likeness (QED) is 0.789. The molecule has 0 radical (unpaired) electrons. The van der Waals surface area contributed by atoms with Crippen molar-refractivity contribution in [3.63, 3.8) is 0 Å². The summed E-state index contributed by atoms with van der Waals surface area (Å²) < 4.78 is 5.41. The maximum absolute atomic E-state index is 5.82. The van der Waals surface area contributed by atoms with Crippen LogP contribution in [0, 0.1) is 6.92 Å². The van der Waals surface area contributed by atoms with Crippen LogP contribution in [0.25, 0.3) is 11.5 Å². The van der Waals surface area contributed by atoms with Crippen molar-refractivity contribution >= 4 is 5.95 Å². The normalized spacial score (nSPS) is 10.7. The van der Waals surface area contributed by atoms with E-state index in [4.69, 9.17) is 10.2 Å². The molecule has 0 spiro atoms. The smallest absolute Gasteiger partial charge is 0.220 e. The van der Waals surface area contributed by atoms with Gasteiger partial charge in [-0.2, -0.15) is 0 Å². The van der Waals surface area contributed by atoms with Gasteiger partial charge in [-0.25, -0.2) is 9.97 Å². The first-order chi connectivity index (χ1) is 9.74. The SMILES string of the molecule is Cc1c(Cc2ccccc2)nc(N)nc1-c1ccco1. The summed E-state index contributed by atoms with van der Waals surface area (Å²) in [7, 11) is 0. The fraction of sp³-hybridized carbons (Fsp3) is 0.125. The number of nitrogens with two attached hydrogens (primary N) is 1. The molecular weight excluding hydrogens is 250 g/mol. The van der Waals surface area contributed by atoms with E-state index < -0.39 is 0 Å². The Morgan fingerprint density at radius 3 is 2.55 bits per heavy atom. The summed E-state index contributed by atoms with van der Waals surface area (Å²) >= 11 is 0. The van der Waals surface area contributed by atoms with Crippen LogP contribution < -0.4 is 5.73 Å². The average molecular weight is 265 g/mol. The summed E-state index contributed by atoms with van der Waals surface area (Å²) in [6.07, 6.45) is 2.36. The molecule has 0 fully saturated rings. The predicted molar refractivity (Wildman–Crippen MR) is 78.1 cm³/mol. The van der Waals surface area contributed by atoms with Crippen LogP contribution in [0.1, 0.15) is 16.8 Å². The molecule has 1 aromatic carbocycles. The van der Waals surface area contributed by atoms with Crippen molar-refractivity contribution < 1.29 is 4.42 Å². The second-order valence-corrected chi connectivity index (χ2v) is 4.64. The van der Waals surface area contributed by atoms with Crippen LogP contribution in [0.2, 0.25) is 0 Å². The summed E-state index contributed by atoms with van der Waals surface area (Å²) in [5.74, 6) is 0.985. The molecule has 0 amide bonds. The van der Waals surface area contributed by atoms with Crippen molar-refractivity contribution in [3.8, 4) is 11.5 Å². The number of benzene rings is 1. The number of anilines is 1. The van der Waals surface area contributed by atoms with Gasteiger partial charge in [-0.1, -0.05) is 30.3 Å². The molecule has 0 bridgehead atoms. The molecule has 0 saturated carbocycles. The third kappa shape index (κ3) is 2.40. The highest BCUT2D eigenvalue weighted by Crippen LogP contribution is 2.25. The largest absolute Gasteiger partial charge is 0.463 e. The Balaban J connectivity index is 2.04. The topological polar surface area (TPSA) is 64.9 Å². The fourth-order valence-electron chi connectivity index (χ4n) is 2.20. The van der Waals surface area contributed by atoms with Gasteiger partial charge >= 0.3 is 0 Å². The molecule has 0 unspecified atom stereocenters. The van der Waals surface area contributed by atoms with E-state index in [1.54, 1.807) is 6.26 Å². The molecule has 0 aliphatic heterocycles. The van der Waals surface area contributed by atoms with E-state index in [1.807, 2.05) is 37.3 Å². The third-order valence-electron chi connectivity index (χ3n) is 3.23. The van der Waals surface area contributed by atoms with Crippen LogP contribution in [0.3, 0.4) is 0 Å². The highest BCUT2D eigenvalue weighted by Gasteiger charge is 2.13. The minimum absolute atomic E-state index is 0.271. The van der Waals surface area contributed by atoms with E-state index in [0.29, 0.717) is 5.76 Å². The summed E-state index contributed by atoms with van der Waals surface area (Å²) in [5.41, 5.74) is 9.70. The molecule has 3 aromatic rings. The Morgan fingerprint density at radius 2 is 1.85 bits per heavy atom. The van der Waals surface area contributed by atoms with Gasteiger partial charge in [-0.15, -0.1) is 0 Å². The second-order valence-electron chi connectivity index (χ2n) is 4.64. The van der Waals surface area contributed by atoms with Crippen molar-refractivity contribution in [3.05, 3.63) is 65.5 Å². The molecule has 4 nitrogen and oxygen atoms in total. The molecule has 20 heavy (non-hydrogen) atoms. The molecule has 2 aromatic heterocycles. The Morgan fingerprint density at radius 1 is 1.05 bits per heavy atom. The molecule has 0 saturated heterocycles. The Bertz CT molecular complexity index is 706. The number of furan rings is 1. The van der Waals surface area contributed by atoms with Crippen LogP contribution >= 0.6 is 0 Å². The lowest BCUT2D eigenvalue weighted by molar-refractivity contribution is 0.579. The molecule has 4 heteroatoms. The summed E-state index contributed by atoms with van der Waals surface area (Å²) in [5, 5.41) is 0. The van der Waals surface area contributed by atoms with Gasteiger partial charge in [0.1, 0.15) is 5.69 Å². The van der Waals surface area contributed by atoms with Crippen LogP contribution in [0.4, 0.5) is 5.95 Å². The van der Waals surface area contributed by atoms with Gasteiger partial charge in [-0.3, -0.25) is 0 Å². The number of aromatic nitrogens is 2. The van der Waals surface area contributed by atoms with Crippen molar-refractivity contribution in [2.24, 2.45) is 0 Å². The molecule has 2 N–H and O–H groups in total. The minimum Gasteiger partial charge on any atom is -0.463 e. The van der Waals surface area contributed by atoms with Crippen molar-refractivity contribution in [1.29, 1.82) is 0 Å². The van der Waals surface area contributed by atoms with Crippen LogP contribution in [-0.2, 0) is 6.42 Å².